The molecular weight excluding hydrogens is 310 g/mol. The standard InChI is InChI=1S/C14H20BrNO3/c1-8(2)12-9(10(17)7-16-3)6-11(18-4)14(19-5)13(12)15/h6,8,16H,7H2,1-5H3. The lowest BCUT2D eigenvalue weighted by Crippen LogP contribution is -2.20. The number of carbonyl (C=O) groups excluding carboxylic acids is 1. The fourth-order valence-corrected chi connectivity index (χ4v) is 3.04. The van der Waals surface area contributed by atoms with Crippen LogP contribution in [-0.2, 0) is 0 Å². The number of ether oxygens (including phenoxy) is 2. The number of carbonyl (C=O) groups is 1. The van der Waals surface area contributed by atoms with E-state index in [4.69, 9.17) is 9.47 Å². The van der Waals surface area contributed by atoms with E-state index in [1.165, 1.54) is 0 Å². The van der Waals surface area contributed by atoms with E-state index in [0.717, 1.165) is 10.0 Å². The minimum absolute atomic E-state index is 0.0350. The van der Waals surface area contributed by atoms with Gasteiger partial charge >= 0.3 is 0 Å². The van der Waals surface area contributed by atoms with Gasteiger partial charge in [0.25, 0.3) is 0 Å². The van der Waals surface area contributed by atoms with E-state index in [2.05, 4.69) is 21.2 Å². The van der Waals surface area contributed by atoms with Crippen LogP contribution in [0.1, 0.15) is 35.7 Å². The van der Waals surface area contributed by atoms with Crippen molar-refractivity contribution >= 4 is 21.7 Å². The molecule has 0 radical (unpaired) electrons. The quantitative estimate of drug-likeness (QED) is 0.815. The van der Waals surface area contributed by atoms with Gasteiger partial charge in [0.2, 0.25) is 0 Å². The van der Waals surface area contributed by atoms with Crippen LogP contribution in [-0.4, -0.2) is 33.6 Å². The smallest absolute Gasteiger partial charge is 0.177 e. The third-order valence-corrected chi connectivity index (χ3v) is 3.65. The number of hydrogen-bond donors (Lipinski definition) is 1. The molecule has 4 nitrogen and oxygen atoms in total. The van der Waals surface area contributed by atoms with Crippen molar-refractivity contribution in [3.8, 4) is 11.5 Å². The first kappa shape index (κ1) is 16.0. The molecule has 0 aliphatic carbocycles. The van der Waals surface area contributed by atoms with E-state index < -0.39 is 0 Å². The van der Waals surface area contributed by atoms with E-state index in [1.807, 2.05) is 13.8 Å². The third-order valence-electron chi connectivity index (χ3n) is 2.86. The Bertz CT molecular complexity index is 472. The predicted molar refractivity (Wildman–Crippen MR) is 79.6 cm³/mol. The van der Waals surface area contributed by atoms with Gasteiger partial charge in [-0.25, -0.2) is 0 Å². The second kappa shape index (κ2) is 6.91. The Balaban J connectivity index is 3.52. The van der Waals surface area contributed by atoms with E-state index in [0.29, 0.717) is 23.6 Å². The van der Waals surface area contributed by atoms with Crippen LogP contribution < -0.4 is 14.8 Å². The first-order valence-corrected chi connectivity index (χ1v) is 6.89. The number of likely N-dealkylation sites (N-methyl/N-ethyl adjacent to an activating group) is 1. The monoisotopic (exact) mass is 329 g/mol. The van der Waals surface area contributed by atoms with Crippen LogP contribution in [0.15, 0.2) is 10.5 Å². The summed E-state index contributed by atoms with van der Waals surface area (Å²) < 4.78 is 11.4. The second-order valence-electron chi connectivity index (χ2n) is 4.50. The van der Waals surface area contributed by atoms with Crippen LogP contribution in [0.4, 0.5) is 0 Å². The molecule has 0 aliphatic heterocycles. The lowest BCUT2D eigenvalue weighted by atomic mass is 9.94. The summed E-state index contributed by atoms with van der Waals surface area (Å²) in [6.45, 7) is 4.38. The zero-order valence-electron chi connectivity index (χ0n) is 12.0. The predicted octanol–water partition coefficient (Wildman–Crippen LogP) is 2.99. The summed E-state index contributed by atoms with van der Waals surface area (Å²) in [6, 6.07) is 1.75. The highest BCUT2D eigenvalue weighted by Crippen LogP contribution is 2.42. The Kier molecular flexibility index (Phi) is 5.82. The largest absolute Gasteiger partial charge is 0.493 e. The number of methoxy groups -OCH3 is 2. The van der Waals surface area contributed by atoms with Crippen LogP contribution in [0, 0.1) is 0 Å². The number of benzene rings is 1. The molecule has 1 rings (SSSR count). The highest BCUT2D eigenvalue weighted by molar-refractivity contribution is 9.10. The topological polar surface area (TPSA) is 47.6 Å². The first-order chi connectivity index (χ1) is 8.97. The van der Waals surface area contributed by atoms with Crippen molar-refractivity contribution in [3.05, 3.63) is 21.7 Å². The molecule has 0 saturated carbocycles. The van der Waals surface area contributed by atoms with Gasteiger partial charge in [0, 0.05) is 5.56 Å². The number of nitrogens with one attached hydrogen (secondary N) is 1. The number of rotatable bonds is 6. The highest BCUT2D eigenvalue weighted by Gasteiger charge is 2.23. The molecule has 5 heteroatoms. The van der Waals surface area contributed by atoms with Gasteiger partial charge in [-0.1, -0.05) is 13.8 Å². The Morgan fingerprint density at radius 3 is 2.42 bits per heavy atom. The SMILES string of the molecule is CNCC(=O)c1cc(OC)c(OC)c(Br)c1C(C)C. The average Bonchev–Trinajstić information content (AvgIpc) is 2.37. The van der Waals surface area contributed by atoms with Crippen molar-refractivity contribution in [2.45, 2.75) is 19.8 Å². The zero-order chi connectivity index (χ0) is 14.6. The van der Waals surface area contributed by atoms with Crippen molar-refractivity contribution in [2.24, 2.45) is 0 Å². The van der Waals surface area contributed by atoms with Gasteiger partial charge in [0.1, 0.15) is 0 Å². The zero-order valence-corrected chi connectivity index (χ0v) is 13.6. The van der Waals surface area contributed by atoms with Crippen molar-refractivity contribution in [1.82, 2.24) is 5.32 Å². The summed E-state index contributed by atoms with van der Waals surface area (Å²) in [4.78, 5) is 12.2. The summed E-state index contributed by atoms with van der Waals surface area (Å²) in [5.74, 6) is 1.41. The lowest BCUT2D eigenvalue weighted by molar-refractivity contribution is 0.0992. The summed E-state index contributed by atoms with van der Waals surface area (Å²) in [5, 5.41) is 2.88. The van der Waals surface area contributed by atoms with E-state index in [1.54, 1.807) is 27.3 Å². The molecule has 0 heterocycles. The second-order valence-corrected chi connectivity index (χ2v) is 5.29. The van der Waals surface area contributed by atoms with E-state index in [9.17, 15) is 4.79 Å². The Labute approximate surface area is 122 Å². The van der Waals surface area contributed by atoms with Crippen molar-refractivity contribution in [2.75, 3.05) is 27.8 Å². The Morgan fingerprint density at radius 2 is 2.00 bits per heavy atom. The van der Waals surface area contributed by atoms with Crippen LogP contribution in [0.5, 0.6) is 11.5 Å². The molecule has 1 N–H and O–H groups in total. The van der Waals surface area contributed by atoms with Crippen molar-refractivity contribution < 1.29 is 14.3 Å². The van der Waals surface area contributed by atoms with Gasteiger partial charge in [-0.15, -0.1) is 0 Å². The van der Waals surface area contributed by atoms with Gasteiger partial charge in [0.05, 0.1) is 25.2 Å². The Morgan fingerprint density at radius 1 is 1.37 bits per heavy atom. The molecule has 0 spiro atoms. The first-order valence-electron chi connectivity index (χ1n) is 6.10. The van der Waals surface area contributed by atoms with Crippen LogP contribution in [0.3, 0.4) is 0 Å². The van der Waals surface area contributed by atoms with Gasteiger partial charge in [-0.2, -0.15) is 0 Å². The molecule has 0 bridgehead atoms. The van der Waals surface area contributed by atoms with Gasteiger partial charge < -0.3 is 14.8 Å². The molecule has 0 unspecified atom stereocenters. The number of Topliss-reactive ketones (excluding diaryl/α,β-unsaturated/α-hetero) is 1. The van der Waals surface area contributed by atoms with Crippen LogP contribution in [0.25, 0.3) is 0 Å². The molecule has 1 aromatic carbocycles. The molecule has 106 valence electrons. The maximum atomic E-state index is 12.2. The van der Waals surface area contributed by atoms with Crippen LogP contribution >= 0.6 is 15.9 Å². The summed E-state index contributed by atoms with van der Waals surface area (Å²) in [5.41, 5.74) is 1.60. The third kappa shape index (κ3) is 3.28. The van der Waals surface area contributed by atoms with Crippen molar-refractivity contribution in [1.29, 1.82) is 0 Å². The maximum absolute atomic E-state index is 12.2. The summed E-state index contributed by atoms with van der Waals surface area (Å²) >= 11 is 3.53. The molecule has 1 aromatic rings. The van der Waals surface area contributed by atoms with Gasteiger partial charge in [0.15, 0.2) is 17.3 Å². The Hall–Kier alpha value is -1.07. The molecule has 0 atom stereocenters. The van der Waals surface area contributed by atoms with Gasteiger partial charge in [-0.3, -0.25) is 4.79 Å². The molecule has 0 fully saturated rings. The number of hydrogen-bond acceptors (Lipinski definition) is 4. The molecule has 0 aromatic heterocycles. The van der Waals surface area contributed by atoms with E-state index >= 15 is 0 Å². The highest BCUT2D eigenvalue weighted by atomic mass is 79.9. The normalized spacial score (nSPS) is 10.7. The number of halogens is 1. The molecule has 19 heavy (non-hydrogen) atoms. The number of ketones is 1. The van der Waals surface area contributed by atoms with E-state index in [-0.39, 0.29) is 11.7 Å². The molecule has 0 aliphatic rings. The average molecular weight is 330 g/mol. The fourth-order valence-electron chi connectivity index (χ4n) is 2.02. The minimum Gasteiger partial charge on any atom is -0.493 e. The maximum Gasteiger partial charge on any atom is 0.177 e. The summed E-state index contributed by atoms with van der Waals surface area (Å²) in [7, 11) is 4.90. The van der Waals surface area contributed by atoms with Crippen molar-refractivity contribution in [3.63, 3.8) is 0 Å². The lowest BCUT2D eigenvalue weighted by Gasteiger charge is -2.19. The molecule has 0 saturated heterocycles. The minimum atomic E-state index is 0.0350. The molecular formula is C14H20BrNO3. The van der Waals surface area contributed by atoms with Gasteiger partial charge in [-0.05, 0) is 40.5 Å². The molecule has 0 amide bonds. The fraction of sp³-hybridized carbons (Fsp3) is 0.500. The van der Waals surface area contributed by atoms with Crippen LogP contribution in [0.2, 0.25) is 0 Å². The summed E-state index contributed by atoms with van der Waals surface area (Å²) in [6.07, 6.45) is 0.